The van der Waals surface area contributed by atoms with E-state index in [1.54, 1.807) is 6.07 Å². The van der Waals surface area contributed by atoms with Gasteiger partial charge in [-0.1, -0.05) is 36.9 Å². The number of rotatable bonds is 2. The molecule has 0 atom stereocenters. The molecule has 2 nitrogen and oxygen atoms in total. The van der Waals surface area contributed by atoms with Gasteiger partial charge in [-0.25, -0.2) is 4.98 Å². The maximum Gasteiger partial charge on any atom is 0.131 e. The van der Waals surface area contributed by atoms with Gasteiger partial charge in [0, 0.05) is 5.54 Å². The minimum Gasteiger partial charge on any atom is -0.365 e. The Balaban J connectivity index is 2.06. The van der Waals surface area contributed by atoms with Gasteiger partial charge in [0.1, 0.15) is 11.0 Å². The average Bonchev–Trinajstić information content (AvgIpc) is 2.18. The second-order valence-corrected chi connectivity index (χ2v) is 4.98. The van der Waals surface area contributed by atoms with Crippen LogP contribution in [0.2, 0.25) is 5.15 Å². The van der Waals surface area contributed by atoms with Crippen molar-refractivity contribution in [3.05, 3.63) is 23.4 Å². The van der Waals surface area contributed by atoms with E-state index in [1.165, 1.54) is 32.1 Å². The van der Waals surface area contributed by atoms with Gasteiger partial charge >= 0.3 is 0 Å². The first kappa shape index (κ1) is 10.7. The summed E-state index contributed by atoms with van der Waals surface area (Å²) in [6.45, 7) is 2.27. The Bertz CT molecular complexity index is 332. The van der Waals surface area contributed by atoms with E-state index >= 15 is 0 Å². The van der Waals surface area contributed by atoms with Gasteiger partial charge in [0.25, 0.3) is 0 Å². The summed E-state index contributed by atoms with van der Waals surface area (Å²) in [6.07, 6.45) is 6.43. The maximum atomic E-state index is 5.86. The van der Waals surface area contributed by atoms with Gasteiger partial charge in [-0.05, 0) is 31.9 Å². The lowest BCUT2D eigenvalue weighted by atomic mass is 9.83. The first-order valence-electron chi connectivity index (χ1n) is 5.59. The molecule has 0 unspecified atom stereocenters. The van der Waals surface area contributed by atoms with Gasteiger partial charge < -0.3 is 5.32 Å². The summed E-state index contributed by atoms with van der Waals surface area (Å²) in [5.74, 6) is 0.895. The molecule has 1 aliphatic rings. The lowest BCUT2D eigenvalue weighted by Crippen LogP contribution is -2.37. The minimum atomic E-state index is 0.204. The average molecular weight is 225 g/mol. The van der Waals surface area contributed by atoms with Crippen LogP contribution in [0, 0.1) is 0 Å². The van der Waals surface area contributed by atoms with Crippen molar-refractivity contribution in [1.82, 2.24) is 4.98 Å². The summed E-state index contributed by atoms with van der Waals surface area (Å²) in [5.41, 5.74) is 0.204. The lowest BCUT2D eigenvalue weighted by Gasteiger charge is -2.35. The third-order valence-electron chi connectivity index (χ3n) is 3.10. The number of nitrogens with one attached hydrogen (secondary N) is 1. The minimum absolute atomic E-state index is 0.204. The van der Waals surface area contributed by atoms with Crippen LogP contribution in [-0.4, -0.2) is 10.5 Å². The summed E-state index contributed by atoms with van der Waals surface area (Å²) < 4.78 is 0. The first-order chi connectivity index (χ1) is 7.18. The highest BCUT2D eigenvalue weighted by molar-refractivity contribution is 6.29. The quantitative estimate of drug-likeness (QED) is 0.772. The highest BCUT2D eigenvalue weighted by Gasteiger charge is 2.26. The van der Waals surface area contributed by atoms with Crippen molar-refractivity contribution in [2.75, 3.05) is 5.32 Å². The van der Waals surface area contributed by atoms with Crippen LogP contribution in [-0.2, 0) is 0 Å². The smallest absolute Gasteiger partial charge is 0.131 e. The molecule has 0 saturated heterocycles. The van der Waals surface area contributed by atoms with Crippen molar-refractivity contribution in [1.29, 1.82) is 0 Å². The molecule has 0 bridgehead atoms. The number of anilines is 1. The van der Waals surface area contributed by atoms with Crippen LogP contribution in [0.5, 0.6) is 0 Å². The van der Waals surface area contributed by atoms with Gasteiger partial charge in [0.15, 0.2) is 0 Å². The van der Waals surface area contributed by atoms with Gasteiger partial charge in [0.05, 0.1) is 0 Å². The molecule has 1 heterocycles. The Hall–Kier alpha value is -0.760. The van der Waals surface area contributed by atoms with Gasteiger partial charge in [-0.3, -0.25) is 0 Å². The first-order valence-corrected chi connectivity index (χ1v) is 5.97. The van der Waals surface area contributed by atoms with E-state index in [-0.39, 0.29) is 5.54 Å². The standard InChI is InChI=1S/C12H17ClN2/c1-12(8-3-2-4-9-12)15-11-7-5-6-10(13)14-11/h5-7H,2-4,8-9H2,1H3,(H,14,15). The zero-order valence-corrected chi connectivity index (χ0v) is 9.85. The van der Waals surface area contributed by atoms with Crippen molar-refractivity contribution in [3.8, 4) is 0 Å². The second kappa shape index (κ2) is 4.40. The Labute approximate surface area is 96.1 Å². The lowest BCUT2D eigenvalue weighted by molar-refractivity contribution is 0.348. The van der Waals surface area contributed by atoms with E-state index in [0.29, 0.717) is 5.15 Å². The third kappa shape index (κ3) is 2.85. The fraction of sp³-hybridized carbons (Fsp3) is 0.583. The number of halogens is 1. The predicted octanol–water partition coefficient (Wildman–Crippen LogP) is 3.87. The molecular weight excluding hydrogens is 208 g/mol. The van der Waals surface area contributed by atoms with Crippen LogP contribution < -0.4 is 5.32 Å². The van der Waals surface area contributed by atoms with Crippen molar-refractivity contribution < 1.29 is 0 Å². The number of aromatic nitrogens is 1. The summed E-state index contributed by atoms with van der Waals surface area (Å²) in [4.78, 5) is 4.27. The van der Waals surface area contributed by atoms with Crippen LogP contribution >= 0.6 is 11.6 Å². The van der Waals surface area contributed by atoms with E-state index in [1.807, 2.05) is 12.1 Å². The molecule has 2 rings (SSSR count). The number of nitrogens with zero attached hydrogens (tertiary/aromatic N) is 1. The molecule has 1 N–H and O–H groups in total. The molecule has 0 aliphatic heterocycles. The summed E-state index contributed by atoms with van der Waals surface area (Å²) in [6, 6.07) is 5.71. The van der Waals surface area contributed by atoms with E-state index in [0.717, 1.165) is 5.82 Å². The number of hydrogen-bond acceptors (Lipinski definition) is 2. The zero-order valence-electron chi connectivity index (χ0n) is 9.09. The summed E-state index contributed by atoms with van der Waals surface area (Å²) in [7, 11) is 0. The maximum absolute atomic E-state index is 5.86. The molecule has 1 fully saturated rings. The zero-order chi connectivity index (χ0) is 10.7. The Morgan fingerprint density at radius 3 is 2.67 bits per heavy atom. The second-order valence-electron chi connectivity index (χ2n) is 4.59. The van der Waals surface area contributed by atoms with E-state index in [9.17, 15) is 0 Å². The molecule has 1 aliphatic carbocycles. The summed E-state index contributed by atoms with van der Waals surface area (Å²) in [5, 5.41) is 4.06. The van der Waals surface area contributed by atoms with Crippen LogP contribution in [0.1, 0.15) is 39.0 Å². The molecule has 0 spiro atoms. The molecule has 1 aromatic rings. The van der Waals surface area contributed by atoms with Crippen LogP contribution in [0.3, 0.4) is 0 Å². The van der Waals surface area contributed by atoms with E-state index < -0.39 is 0 Å². The van der Waals surface area contributed by atoms with Crippen molar-refractivity contribution in [3.63, 3.8) is 0 Å². The van der Waals surface area contributed by atoms with E-state index in [4.69, 9.17) is 11.6 Å². The van der Waals surface area contributed by atoms with Crippen LogP contribution in [0.15, 0.2) is 18.2 Å². The SMILES string of the molecule is CC1(Nc2cccc(Cl)n2)CCCCC1. The Morgan fingerprint density at radius 2 is 2.00 bits per heavy atom. The van der Waals surface area contributed by atoms with Crippen LogP contribution in [0.25, 0.3) is 0 Å². The van der Waals surface area contributed by atoms with Crippen LogP contribution in [0.4, 0.5) is 5.82 Å². The Morgan fingerprint density at radius 1 is 1.27 bits per heavy atom. The fourth-order valence-corrected chi connectivity index (χ4v) is 2.41. The highest BCUT2D eigenvalue weighted by atomic mass is 35.5. The Kier molecular flexibility index (Phi) is 3.15. The fourth-order valence-electron chi connectivity index (χ4n) is 2.24. The highest BCUT2D eigenvalue weighted by Crippen LogP contribution is 2.30. The van der Waals surface area contributed by atoms with Gasteiger partial charge in [-0.15, -0.1) is 0 Å². The third-order valence-corrected chi connectivity index (χ3v) is 3.31. The molecular formula is C12H17ClN2. The summed E-state index contributed by atoms with van der Waals surface area (Å²) >= 11 is 5.86. The van der Waals surface area contributed by atoms with Crippen molar-refractivity contribution in [2.24, 2.45) is 0 Å². The predicted molar refractivity (Wildman–Crippen MR) is 64.4 cm³/mol. The van der Waals surface area contributed by atoms with Crippen molar-refractivity contribution in [2.45, 2.75) is 44.6 Å². The molecule has 3 heteroatoms. The van der Waals surface area contributed by atoms with E-state index in [2.05, 4.69) is 17.2 Å². The molecule has 0 aromatic carbocycles. The molecule has 0 amide bonds. The molecule has 15 heavy (non-hydrogen) atoms. The monoisotopic (exact) mass is 224 g/mol. The van der Waals surface area contributed by atoms with Gasteiger partial charge in [-0.2, -0.15) is 0 Å². The molecule has 0 radical (unpaired) electrons. The number of hydrogen-bond donors (Lipinski definition) is 1. The topological polar surface area (TPSA) is 24.9 Å². The molecule has 1 saturated carbocycles. The number of pyridine rings is 1. The van der Waals surface area contributed by atoms with Gasteiger partial charge in [0.2, 0.25) is 0 Å². The molecule has 1 aromatic heterocycles. The molecule has 82 valence electrons. The normalized spacial score (nSPS) is 19.9. The largest absolute Gasteiger partial charge is 0.365 e. The van der Waals surface area contributed by atoms with Crippen molar-refractivity contribution >= 4 is 17.4 Å².